The third-order valence-electron chi connectivity index (χ3n) is 4.56. The first-order chi connectivity index (χ1) is 13.5. The highest BCUT2D eigenvalue weighted by molar-refractivity contribution is 6.06. The molecule has 0 bridgehead atoms. The molecule has 148 valence electrons. The maximum atomic E-state index is 12.6. The van der Waals surface area contributed by atoms with E-state index in [4.69, 9.17) is 14.2 Å². The van der Waals surface area contributed by atoms with Crippen molar-refractivity contribution in [3.63, 3.8) is 0 Å². The second-order valence-electron chi connectivity index (χ2n) is 6.43. The molecule has 2 N–H and O–H groups in total. The molecule has 2 aromatic rings. The minimum Gasteiger partial charge on any atom is -0.493 e. The summed E-state index contributed by atoms with van der Waals surface area (Å²) < 4.78 is 16.2. The number of amides is 1. The number of pyridine rings is 1. The summed E-state index contributed by atoms with van der Waals surface area (Å²) in [7, 11) is 2.80. The fourth-order valence-corrected chi connectivity index (χ4v) is 3.14. The Kier molecular flexibility index (Phi) is 5.98. The van der Waals surface area contributed by atoms with Gasteiger partial charge in [0, 0.05) is 12.3 Å². The van der Waals surface area contributed by atoms with E-state index < -0.39 is 11.9 Å². The number of carboxylic acid groups (broad SMARTS) is 1. The Labute approximate surface area is 162 Å². The highest BCUT2D eigenvalue weighted by atomic mass is 16.5. The summed E-state index contributed by atoms with van der Waals surface area (Å²) in [5, 5.41) is 11.9. The average Bonchev–Trinajstić information content (AvgIpc) is 3.20. The number of methoxy groups -OCH3 is 2. The predicted molar refractivity (Wildman–Crippen MR) is 102 cm³/mol. The summed E-state index contributed by atoms with van der Waals surface area (Å²) in [6.07, 6.45) is 5.96. The van der Waals surface area contributed by atoms with Gasteiger partial charge >= 0.3 is 5.97 Å². The topological polar surface area (TPSA) is 107 Å². The van der Waals surface area contributed by atoms with Gasteiger partial charge in [0.1, 0.15) is 6.10 Å². The average molecular weight is 386 g/mol. The van der Waals surface area contributed by atoms with Gasteiger partial charge in [-0.15, -0.1) is 0 Å². The highest BCUT2D eigenvalue weighted by Gasteiger charge is 2.19. The van der Waals surface area contributed by atoms with Crippen molar-refractivity contribution in [2.24, 2.45) is 0 Å². The SMILES string of the molecule is COc1cc(C(=O)O)cc(NC(=O)c2ccc(OC3CCCC3)nc2)c1OC. The first-order valence-electron chi connectivity index (χ1n) is 8.95. The van der Waals surface area contributed by atoms with Crippen molar-refractivity contribution in [2.75, 3.05) is 19.5 Å². The van der Waals surface area contributed by atoms with Crippen molar-refractivity contribution in [3.8, 4) is 17.4 Å². The van der Waals surface area contributed by atoms with Crippen LogP contribution in [0.3, 0.4) is 0 Å². The van der Waals surface area contributed by atoms with Crippen LogP contribution < -0.4 is 19.5 Å². The van der Waals surface area contributed by atoms with Crippen molar-refractivity contribution >= 4 is 17.6 Å². The Bertz CT molecular complexity index is 860. The Morgan fingerprint density at radius 2 is 1.86 bits per heavy atom. The number of rotatable bonds is 7. The number of aromatic nitrogens is 1. The summed E-state index contributed by atoms with van der Waals surface area (Å²) in [6.45, 7) is 0. The summed E-state index contributed by atoms with van der Waals surface area (Å²) in [6, 6.07) is 5.90. The molecule has 1 aliphatic carbocycles. The molecule has 1 amide bonds. The van der Waals surface area contributed by atoms with Gasteiger partial charge < -0.3 is 24.6 Å². The van der Waals surface area contributed by atoms with Crippen LogP contribution in [0.25, 0.3) is 0 Å². The van der Waals surface area contributed by atoms with Gasteiger partial charge in [0.15, 0.2) is 11.5 Å². The maximum absolute atomic E-state index is 12.6. The van der Waals surface area contributed by atoms with Crippen molar-refractivity contribution in [2.45, 2.75) is 31.8 Å². The van der Waals surface area contributed by atoms with Gasteiger partial charge in [0.2, 0.25) is 5.88 Å². The molecule has 0 aliphatic heterocycles. The van der Waals surface area contributed by atoms with Crippen molar-refractivity contribution in [1.29, 1.82) is 0 Å². The lowest BCUT2D eigenvalue weighted by Gasteiger charge is -2.15. The minimum atomic E-state index is -1.15. The van der Waals surface area contributed by atoms with Crippen LogP contribution in [0.4, 0.5) is 5.69 Å². The number of carbonyl (C=O) groups excluding carboxylic acids is 1. The molecule has 0 atom stereocenters. The number of benzene rings is 1. The van der Waals surface area contributed by atoms with Gasteiger partial charge in [-0.05, 0) is 43.9 Å². The first kappa shape index (κ1) is 19.5. The molecule has 8 heteroatoms. The molecule has 0 spiro atoms. The first-order valence-corrected chi connectivity index (χ1v) is 8.95. The lowest BCUT2D eigenvalue weighted by Crippen LogP contribution is -2.15. The number of nitrogens with one attached hydrogen (secondary N) is 1. The van der Waals surface area contributed by atoms with Crippen LogP contribution in [0.15, 0.2) is 30.5 Å². The van der Waals surface area contributed by atoms with E-state index in [1.807, 2.05) is 0 Å². The number of ether oxygens (including phenoxy) is 3. The Hall–Kier alpha value is -3.29. The number of hydrogen-bond donors (Lipinski definition) is 2. The van der Waals surface area contributed by atoms with E-state index in [1.165, 1.54) is 32.5 Å². The molecule has 1 heterocycles. The fraction of sp³-hybridized carbons (Fsp3) is 0.350. The molecular formula is C20H22N2O6. The van der Waals surface area contributed by atoms with Crippen LogP contribution in [0.2, 0.25) is 0 Å². The fourth-order valence-electron chi connectivity index (χ4n) is 3.14. The van der Waals surface area contributed by atoms with Crippen LogP contribution in [0, 0.1) is 0 Å². The summed E-state index contributed by atoms with van der Waals surface area (Å²) >= 11 is 0. The van der Waals surface area contributed by atoms with Gasteiger partial charge in [-0.25, -0.2) is 9.78 Å². The second-order valence-corrected chi connectivity index (χ2v) is 6.43. The maximum Gasteiger partial charge on any atom is 0.335 e. The Morgan fingerprint density at radius 3 is 2.43 bits per heavy atom. The smallest absolute Gasteiger partial charge is 0.335 e. The molecular weight excluding hydrogens is 364 g/mol. The van der Waals surface area contributed by atoms with E-state index in [1.54, 1.807) is 12.1 Å². The van der Waals surface area contributed by atoms with E-state index in [0.717, 1.165) is 25.7 Å². The molecule has 1 aliphatic rings. The lowest BCUT2D eigenvalue weighted by atomic mass is 10.1. The minimum absolute atomic E-state index is 0.0358. The zero-order chi connectivity index (χ0) is 20.1. The summed E-state index contributed by atoms with van der Waals surface area (Å²) in [5.74, 6) is -0.684. The van der Waals surface area contributed by atoms with E-state index in [0.29, 0.717) is 11.4 Å². The summed E-state index contributed by atoms with van der Waals surface area (Å²) in [5.41, 5.74) is 0.461. The largest absolute Gasteiger partial charge is 0.493 e. The van der Waals surface area contributed by atoms with Crippen molar-refractivity contribution in [3.05, 3.63) is 41.6 Å². The van der Waals surface area contributed by atoms with Gasteiger partial charge in [0.05, 0.1) is 31.0 Å². The zero-order valence-corrected chi connectivity index (χ0v) is 15.7. The van der Waals surface area contributed by atoms with E-state index in [-0.39, 0.29) is 28.9 Å². The normalized spacial score (nSPS) is 13.8. The molecule has 1 aromatic carbocycles. The monoisotopic (exact) mass is 386 g/mol. The van der Waals surface area contributed by atoms with Crippen molar-refractivity contribution in [1.82, 2.24) is 4.98 Å². The van der Waals surface area contributed by atoms with E-state index >= 15 is 0 Å². The number of anilines is 1. The molecule has 0 unspecified atom stereocenters. The Balaban J connectivity index is 1.78. The van der Waals surface area contributed by atoms with Crippen LogP contribution in [0.5, 0.6) is 17.4 Å². The van der Waals surface area contributed by atoms with Gasteiger partial charge in [-0.1, -0.05) is 0 Å². The number of nitrogens with zero attached hydrogens (tertiary/aromatic N) is 1. The third kappa shape index (κ3) is 4.33. The molecule has 8 nitrogen and oxygen atoms in total. The molecule has 1 saturated carbocycles. The Morgan fingerprint density at radius 1 is 1.11 bits per heavy atom. The highest BCUT2D eigenvalue weighted by Crippen LogP contribution is 2.37. The summed E-state index contributed by atoms with van der Waals surface area (Å²) in [4.78, 5) is 28.1. The molecule has 1 aromatic heterocycles. The molecule has 0 saturated heterocycles. The molecule has 1 fully saturated rings. The predicted octanol–water partition coefficient (Wildman–Crippen LogP) is 3.37. The van der Waals surface area contributed by atoms with E-state index in [9.17, 15) is 14.7 Å². The molecule has 3 rings (SSSR count). The van der Waals surface area contributed by atoms with Gasteiger partial charge in [0.25, 0.3) is 5.91 Å². The van der Waals surface area contributed by atoms with Gasteiger partial charge in [-0.2, -0.15) is 0 Å². The number of carboxylic acids is 1. The van der Waals surface area contributed by atoms with Crippen LogP contribution in [0.1, 0.15) is 46.4 Å². The van der Waals surface area contributed by atoms with Crippen molar-refractivity contribution < 1.29 is 28.9 Å². The molecule has 0 radical (unpaired) electrons. The van der Waals surface area contributed by atoms with Crippen LogP contribution in [-0.4, -0.2) is 42.3 Å². The quantitative estimate of drug-likeness (QED) is 0.751. The molecule has 28 heavy (non-hydrogen) atoms. The zero-order valence-electron chi connectivity index (χ0n) is 15.7. The lowest BCUT2D eigenvalue weighted by molar-refractivity contribution is 0.0696. The number of hydrogen-bond acceptors (Lipinski definition) is 6. The van der Waals surface area contributed by atoms with Gasteiger partial charge in [-0.3, -0.25) is 4.79 Å². The second kappa shape index (κ2) is 8.60. The van der Waals surface area contributed by atoms with Crippen LogP contribution >= 0.6 is 0 Å². The number of carbonyl (C=O) groups is 2. The number of aromatic carboxylic acids is 1. The van der Waals surface area contributed by atoms with E-state index in [2.05, 4.69) is 10.3 Å². The van der Waals surface area contributed by atoms with Crippen LogP contribution in [-0.2, 0) is 0 Å². The third-order valence-corrected chi connectivity index (χ3v) is 4.56. The standard InChI is InChI=1S/C20H22N2O6/c1-26-16-10-13(20(24)25)9-15(18(16)27-2)22-19(23)12-7-8-17(21-11-12)28-14-5-3-4-6-14/h7-11,14H,3-6H2,1-2H3,(H,22,23)(H,24,25).